The molecule has 0 spiro atoms. The fourth-order valence-corrected chi connectivity index (χ4v) is 3.34. The Balaban J connectivity index is 1.39. The van der Waals surface area contributed by atoms with Crippen LogP contribution in [-0.4, -0.2) is 51.8 Å². The van der Waals surface area contributed by atoms with E-state index in [9.17, 15) is 9.59 Å². The number of benzene rings is 2. The second-order valence-electron chi connectivity index (χ2n) is 7.18. The van der Waals surface area contributed by atoms with Crippen LogP contribution in [0.1, 0.15) is 16.1 Å². The molecule has 10 heteroatoms. The summed E-state index contributed by atoms with van der Waals surface area (Å²) in [5.74, 6) is 0.557. The normalized spacial score (nSPS) is 12.9. The lowest BCUT2D eigenvalue weighted by Gasteiger charge is -2.18. The molecule has 3 heterocycles. The number of esters is 1. The van der Waals surface area contributed by atoms with E-state index in [0.717, 1.165) is 0 Å². The Hall–Kier alpha value is -4.73. The van der Waals surface area contributed by atoms with E-state index < -0.39 is 18.4 Å². The number of Topliss-reactive ketones (excluding diaryl/α,β-unsaturated/α-hetero) is 1. The van der Waals surface area contributed by atoms with Gasteiger partial charge in [-0.1, -0.05) is 30.3 Å². The van der Waals surface area contributed by atoms with Gasteiger partial charge in [-0.3, -0.25) is 4.79 Å². The number of carbonyl (C=O) groups excluding carboxylic acids is 2. The molecule has 0 fully saturated rings. The predicted octanol–water partition coefficient (Wildman–Crippen LogP) is 3.13. The van der Waals surface area contributed by atoms with Crippen LogP contribution in [0.15, 0.2) is 71.3 Å². The SMILES string of the molecule is O=C(OCC(=O)c1ccc2c(c1)OCCO2)/C(=C/c1ccco1)n1nnnc1-c1ccccc1. The molecule has 2 aromatic heterocycles. The van der Waals surface area contributed by atoms with Gasteiger partial charge in [0.1, 0.15) is 19.0 Å². The van der Waals surface area contributed by atoms with E-state index in [1.807, 2.05) is 30.3 Å². The molecule has 0 radical (unpaired) electrons. The number of carbonyl (C=O) groups is 2. The minimum Gasteiger partial charge on any atom is -0.486 e. The van der Waals surface area contributed by atoms with Gasteiger partial charge in [-0.25, -0.2) is 4.79 Å². The molecular formula is C24H18N4O6. The summed E-state index contributed by atoms with van der Waals surface area (Å²) < 4.78 is 22.9. The topological polar surface area (TPSA) is 119 Å². The van der Waals surface area contributed by atoms with E-state index >= 15 is 0 Å². The van der Waals surface area contributed by atoms with Gasteiger partial charge in [-0.05, 0) is 40.8 Å². The molecule has 0 amide bonds. The smallest absolute Gasteiger partial charge is 0.357 e. The molecule has 0 saturated heterocycles. The summed E-state index contributed by atoms with van der Waals surface area (Å²) >= 11 is 0. The molecule has 1 aliphatic rings. The maximum atomic E-state index is 13.1. The van der Waals surface area contributed by atoms with Crippen molar-refractivity contribution < 1.29 is 28.2 Å². The van der Waals surface area contributed by atoms with Gasteiger partial charge < -0.3 is 18.6 Å². The summed E-state index contributed by atoms with van der Waals surface area (Å²) in [5, 5.41) is 11.7. The molecule has 34 heavy (non-hydrogen) atoms. The largest absolute Gasteiger partial charge is 0.486 e. The van der Waals surface area contributed by atoms with E-state index in [1.165, 1.54) is 17.0 Å². The maximum absolute atomic E-state index is 13.1. The van der Waals surface area contributed by atoms with E-state index in [-0.39, 0.29) is 5.70 Å². The first-order valence-corrected chi connectivity index (χ1v) is 10.4. The Labute approximate surface area is 193 Å². The van der Waals surface area contributed by atoms with Gasteiger partial charge in [-0.15, -0.1) is 5.10 Å². The summed E-state index contributed by atoms with van der Waals surface area (Å²) in [6.07, 6.45) is 2.91. The number of hydrogen-bond donors (Lipinski definition) is 0. The lowest BCUT2D eigenvalue weighted by Crippen LogP contribution is -2.19. The molecule has 0 saturated carbocycles. The molecule has 0 bridgehead atoms. The minimum atomic E-state index is -0.799. The lowest BCUT2D eigenvalue weighted by molar-refractivity contribution is -0.136. The Kier molecular flexibility index (Phi) is 5.85. The number of fused-ring (bicyclic) bond motifs is 1. The van der Waals surface area contributed by atoms with Crippen LogP contribution in [0, 0.1) is 0 Å². The number of tetrazole rings is 1. The summed E-state index contributed by atoms with van der Waals surface area (Å²) in [4.78, 5) is 25.8. The molecular weight excluding hydrogens is 440 g/mol. The third-order valence-corrected chi connectivity index (χ3v) is 4.96. The molecule has 1 aliphatic heterocycles. The van der Waals surface area contributed by atoms with E-state index in [2.05, 4.69) is 15.5 Å². The highest BCUT2D eigenvalue weighted by Gasteiger charge is 2.23. The fourth-order valence-electron chi connectivity index (χ4n) is 3.34. The lowest BCUT2D eigenvalue weighted by atomic mass is 10.1. The first-order chi connectivity index (χ1) is 16.7. The van der Waals surface area contributed by atoms with Gasteiger partial charge in [-0.2, -0.15) is 4.68 Å². The summed E-state index contributed by atoms with van der Waals surface area (Å²) in [5.41, 5.74) is 1.01. The number of ketones is 1. The number of rotatable bonds is 7. The van der Waals surface area contributed by atoms with Gasteiger partial charge in [0.15, 0.2) is 35.4 Å². The molecule has 170 valence electrons. The predicted molar refractivity (Wildman–Crippen MR) is 119 cm³/mol. The highest BCUT2D eigenvalue weighted by atomic mass is 16.6. The van der Waals surface area contributed by atoms with Crippen LogP contribution in [0.4, 0.5) is 0 Å². The van der Waals surface area contributed by atoms with Crippen molar-refractivity contribution in [3.05, 3.63) is 78.3 Å². The highest BCUT2D eigenvalue weighted by molar-refractivity contribution is 6.16. The van der Waals surface area contributed by atoms with Gasteiger partial charge in [0.25, 0.3) is 0 Å². The van der Waals surface area contributed by atoms with Crippen LogP contribution in [0.3, 0.4) is 0 Å². The summed E-state index contributed by atoms with van der Waals surface area (Å²) in [7, 11) is 0. The number of hydrogen-bond acceptors (Lipinski definition) is 9. The number of furan rings is 1. The van der Waals surface area contributed by atoms with Crippen molar-refractivity contribution in [2.24, 2.45) is 0 Å². The second-order valence-corrected chi connectivity index (χ2v) is 7.18. The zero-order valence-corrected chi connectivity index (χ0v) is 17.8. The van der Waals surface area contributed by atoms with Crippen molar-refractivity contribution in [1.29, 1.82) is 0 Å². The highest BCUT2D eigenvalue weighted by Crippen LogP contribution is 2.31. The number of aromatic nitrogens is 4. The van der Waals surface area contributed by atoms with Gasteiger partial charge in [0.05, 0.1) is 6.26 Å². The van der Waals surface area contributed by atoms with Crippen molar-refractivity contribution >= 4 is 23.5 Å². The van der Waals surface area contributed by atoms with Crippen LogP contribution in [0.5, 0.6) is 11.5 Å². The Morgan fingerprint density at radius 2 is 1.82 bits per heavy atom. The van der Waals surface area contributed by atoms with Crippen molar-refractivity contribution in [1.82, 2.24) is 20.2 Å². The van der Waals surface area contributed by atoms with Crippen LogP contribution < -0.4 is 9.47 Å². The van der Waals surface area contributed by atoms with E-state index in [1.54, 1.807) is 30.3 Å². The minimum absolute atomic E-state index is 0.0197. The second kappa shape index (κ2) is 9.41. The summed E-state index contributed by atoms with van der Waals surface area (Å²) in [6, 6.07) is 17.3. The first kappa shape index (κ1) is 21.1. The summed E-state index contributed by atoms with van der Waals surface area (Å²) in [6.45, 7) is 0.359. The van der Waals surface area contributed by atoms with Crippen molar-refractivity contribution in [3.8, 4) is 22.9 Å². The maximum Gasteiger partial charge on any atom is 0.357 e. The molecule has 5 rings (SSSR count). The van der Waals surface area contributed by atoms with E-state index in [0.29, 0.717) is 47.4 Å². The molecule has 2 aromatic carbocycles. The van der Waals surface area contributed by atoms with Crippen molar-refractivity contribution in [2.45, 2.75) is 0 Å². The third kappa shape index (κ3) is 4.42. The zero-order chi connectivity index (χ0) is 23.3. The molecule has 10 nitrogen and oxygen atoms in total. The van der Waals surface area contributed by atoms with Crippen LogP contribution in [0.2, 0.25) is 0 Å². The van der Waals surface area contributed by atoms with Gasteiger partial charge in [0, 0.05) is 17.2 Å². The Bertz CT molecular complexity index is 1350. The fraction of sp³-hybridized carbons (Fsp3) is 0.125. The van der Waals surface area contributed by atoms with Crippen LogP contribution in [0.25, 0.3) is 23.2 Å². The first-order valence-electron chi connectivity index (χ1n) is 10.4. The average Bonchev–Trinajstić information content (AvgIpc) is 3.58. The quantitative estimate of drug-likeness (QED) is 0.234. The molecule has 4 aromatic rings. The number of nitrogens with zero attached hydrogens (tertiary/aromatic N) is 4. The Morgan fingerprint density at radius 3 is 2.62 bits per heavy atom. The monoisotopic (exact) mass is 458 g/mol. The van der Waals surface area contributed by atoms with Crippen molar-refractivity contribution in [3.63, 3.8) is 0 Å². The van der Waals surface area contributed by atoms with Crippen LogP contribution >= 0.6 is 0 Å². The van der Waals surface area contributed by atoms with Crippen molar-refractivity contribution in [2.75, 3.05) is 19.8 Å². The Morgan fingerprint density at radius 1 is 1.00 bits per heavy atom. The molecule has 0 unspecified atom stereocenters. The third-order valence-electron chi connectivity index (χ3n) is 4.96. The zero-order valence-electron chi connectivity index (χ0n) is 17.8. The molecule has 0 atom stereocenters. The standard InChI is InChI=1S/C24H18N4O6/c29-20(17-8-9-21-22(13-17)33-12-11-32-21)15-34-24(30)19(14-18-7-4-10-31-18)28-23(25-26-27-28)16-5-2-1-3-6-16/h1-10,13-14H,11-12,15H2/b19-14-. The van der Waals surface area contributed by atoms with Gasteiger partial charge in [0.2, 0.25) is 0 Å². The number of ether oxygens (including phenoxy) is 3. The average molecular weight is 458 g/mol. The van der Waals surface area contributed by atoms with E-state index in [4.69, 9.17) is 18.6 Å². The van der Waals surface area contributed by atoms with Crippen LogP contribution in [-0.2, 0) is 9.53 Å². The molecule has 0 N–H and O–H groups in total. The molecule has 0 aliphatic carbocycles. The van der Waals surface area contributed by atoms with Gasteiger partial charge >= 0.3 is 5.97 Å².